The van der Waals surface area contributed by atoms with Gasteiger partial charge in [0.05, 0.1) is 22.9 Å². The summed E-state index contributed by atoms with van der Waals surface area (Å²) in [6.07, 6.45) is -0.958. The van der Waals surface area contributed by atoms with Crippen LogP contribution >= 0.6 is 11.6 Å². The number of amides is 2. The first-order valence-electron chi connectivity index (χ1n) is 11.0. The van der Waals surface area contributed by atoms with Crippen LogP contribution in [0.3, 0.4) is 0 Å². The van der Waals surface area contributed by atoms with Gasteiger partial charge >= 0.3 is 0 Å². The third-order valence-electron chi connectivity index (χ3n) is 6.51. The number of carbonyl (C=O) groups excluding carboxylic acids is 2. The molecule has 7 heteroatoms. The van der Waals surface area contributed by atoms with Crippen LogP contribution in [0, 0.1) is 12.8 Å². The number of imide groups is 1. The lowest BCUT2D eigenvalue weighted by Crippen LogP contribution is -2.37. The van der Waals surface area contributed by atoms with Crippen LogP contribution in [0.1, 0.15) is 17.2 Å². The second-order valence-electron chi connectivity index (χ2n) is 8.52. The summed E-state index contributed by atoms with van der Waals surface area (Å²) in [6.45, 7) is 1.88. The van der Waals surface area contributed by atoms with Crippen molar-refractivity contribution in [2.75, 3.05) is 9.96 Å². The molecule has 2 aliphatic heterocycles. The summed E-state index contributed by atoms with van der Waals surface area (Å²) >= 11 is 6.69. The van der Waals surface area contributed by atoms with Crippen molar-refractivity contribution in [1.82, 2.24) is 4.98 Å². The van der Waals surface area contributed by atoms with Crippen LogP contribution < -0.4 is 9.96 Å². The van der Waals surface area contributed by atoms with E-state index in [1.54, 1.807) is 11.1 Å². The predicted molar refractivity (Wildman–Crippen MR) is 130 cm³/mol. The molecule has 3 atom stereocenters. The molecule has 0 radical (unpaired) electrons. The van der Waals surface area contributed by atoms with Gasteiger partial charge in [0.15, 0.2) is 6.10 Å². The fraction of sp³-hybridized carbons (Fsp3) is 0.148. The maximum Gasteiger partial charge on any atom is 0.266 e. The van der Waals surface area contributed by atoms with Gasteiger partial charge in [0, 0.05) is 10.9 Å². The number of rotatable bonds is 3. The highest BCUT2D eigenvalue weighted by atomic mass is 35.5. The molecule has 0 aliphatic carbocycles. The zero-order chi connectivity index (χ0) is 23.4. The van der Waals surface area contributed by atoms with Crippen molar-refractivity contribution in [3.05, 3.63) is 101 Å². The van der Waals surface area contributed by atoms with Crippen LogP contribution in [0.5, 0.6) is 0 Å². The molecule has 2 aliphatic rings. The van der Waals surface area contributed by atoms with Crippen molar-refractivity contribution < 1.29 is 14.4 Å². The summed E-state index contributed by atoms with van der Waals surface area (Å²) < 4.78 is 0. The molecular weight excluding hydrogens is 450 g/mol. The summed E-state index contributed by atoms with van der Waals surface area (Å²) in [4.78, 5) is 39.4. The van der Waals surface area contributed by atoms with Crippen LogP contribution in [0.2, 0.25) is 5.15 Å². The Morgan fingerprint density at radius 3 is 2.38 bits per heavy atom. The molecule has 1 aromatic heterocycles. The van der Waals surface area contributed by atoms with Gasteiger partial charge in [-0.3, -0.25) is 14.4 Å². The summed E-state index contributed by atoms with van der Waals surface area (Å²) in [6, 6.07) is 25.7. The van der Waals surface area contributed by atoms with E-state index in [1.807, 2.05) is 85.8 Å². The minimum atomic E-state index is -0.958. The van der Waals surface area contributed by atoms with Crippen molar-refractivity contribution in [3.63, 3.8) is 0 Å². The highest BCUT2D eigenvalue weighted by molar-refractivity contribution is 6.31. The van der Waals surface area contributed by atoms with Gasteiger partial charge in [-0.25, -0.2) is 14.9 Å². The molecule has 34 heavy (non-hydrogen) atoms. The number of pyridine rings is 1. The number of fused-ring (bicyclic) bond motifs is 2. The van der Waals surface area contributed by atoms with Gasteiger partial charge in [-0.1, -0.05) is 66.2 Å². The number of hydroxylamine groups is 1. The average molecular weight is 470 g/mol. The second-order valence-corrected chi connectivity index (χ2v) is 8.88. The fourth-order valence-electron chi connectivity index (χ4n) is 4.90. The molecular formula is C27H20ClN3O3. The van der Waals surface area contributed by atoms with Crippen molar-refractivity contribution in [3.8, 4) is 0 Å². The van der Waals surface area contributed by atoms with Crippen molar-refractivity contribution in [2.45, 2.75) is 19.1 Å². The van der Waals surface area contributed by atoms with Crippen molar-refractivity contribution >= 4 is 45.7 Å². The molecule has 3 aromatic carbocycles. The summed E-state index contributed by atoms with van der Waals surface area (Å²) in [5.74, 6) is -1.46. The molecule has 3 heterocycles. The number of hydrogen-bond donors (Lipinski definition) is 0. The number of benzene rings is 3. The zero-order valence-electron chi connectivity index (χ0n) is 18.3. The molecule has 0 bridgehead atoms. The summed E-state index contributed by atoms with van der Waals surface area (Å²) in [7, 11) is 0. The Balaban J connectivity index is 1.51. The molecule has 0 saturated carbocycles. The van der Waals surface area contributed by atoms with Crippen LogP contribution in [0.4, 0.5) is 11.4 Å². The van der Waals surface area contributed by atoms with Crippen LogP contribution in [0.25, 0.3) is 10.9 Å². The van der Waals surface area contributed by atoms with E-state index in [9.17, 15) is 9.59 Å². The fourth-order valence-corrected chi connectivity index (χ4v) is 5.15. The minimum absolute atomic E-state index is 0.281. The number of hydrogen-bond acceptors (Lipinski definition) is 5. The van der Waals surface area contributed by atoms with E-state index in [0.717, 1.165) is 22.2 Å². The second kappa shape index (κ2) is 7.94. The van der Waals surface area contributed by atoms with E-state index in [0.29, 0.717) is 11.3 Å². The van der Waals surface area contributed by atoms with E-state index in [1.165, 1.54) is 4.90 Å². The number of aryl methyl sites for hydroxylation is 1. The quantitative estimate of drug-likeness (QED) is 0.303. The Bertz CT molecular complexity index is 1440. The largest absolute Gasteiger partial charge is 0.273 e. The molecule has 168 valence electrons. The maximum atomic E-state index is 13.8. The first-order chi connectivity index (χ1) is 16.5. The molecule has 6 rings (SSSR count). The molecule has 2 saturated heterocycles. The van der Waals surface area contributed by atoms with E-state index < -0.39 is 18.1 Å². The highest BCUT2D eigenvalue weighted by Gasteiger charge is 2.60. The topological polar surface area (TPSA) is 62.7 Å². The Hall–Kier alpha value is -3.74. The summed E-state index contributed by atoms with van der Waals surface area (Å²) in [5, 5.41) is 2.81. The molecule has 4 aromatic rings. The van der Waals surface area contributed by atoms with Crippen molar-refractivity contribution in [2.24, 2.45) is 5.92 Å². The lowest BCUT2D eigenvalue weighted by atomic mass is 9.90. The Morgan fingerprint density at radius 1 is 0.882 bits per heavy atom. The maximum absolute atomic E-state index is 13.8. The molecule has 0 spiro atoms. The first kappa shape index (κ1) is 20.8. The van der Waals surface area contributed by atoms with Gasteiger partial charge in [0.25, 0.3) is 5.91 Å². The number of nitrogens with zero attached hydrogens (tertiary/aromatic N) is 3. The van der Waals surface area contributed by atoms with Crippen LogP contribution in [0.15, 0.2) is 84.9 Å². The van der Waals surface area contributed by atoms with E-state index >= 15 is 0 Å². The number of para-hydroxylation sites is 3. The number of carbonyl (C=O) groups is 2. The highest BCUT2D eigenvalue weighted by Crippen LogP contribution is 2.49. The third kappa shape index (κ3) is 3.10. The number of halogens is 1. The average Bonchev–Trinajstić information content (AvgIpc) is 3.35. The Morgan fingerprint density at radius 2 is 1.59 bits per heavy atom. The van der Waals surface area contributed by atoms with E-state index in [-0.39, 0.29) is 17.0 Å². The first-order valence-corrected chi connectivity index (χ1v) is 11.4. The van der Waals surface area contributed by atoms with Gasteiger partial charge < -0.3 is 0 Å². The van der Waals surface area contributed by atoms with E-state index in [2.05, 4.69) is 4.98 Å². The van der Waals surface area contributed by atoms with Crippen molar-refractivity contribution in [1.29, 1.82) is 0 Å². The lowest BCUT2D eigenvalue weighted by Gasteiger charge is -2.29. The van der Waals surface area contributed by atoms with E-state index in [4.69, 9.17) is 16.4 Å². The minimum Gasteiger partial charge on any atom is -0.273 e. The summed E-state index contributed by atoms with van der Waals surface area (Å²) in [5.41, 5.74) is 3.54. The molecule has 0 N–H and O–H groups in total. The Kier molecular flexibility index (Phi) is 4.86. The van der Waals surface area contributed by atoms with Gasteiger partial charge in [0.1, 0.15) is 11.1 Å². The predicted octanol–water partition coefficient (Wildman–Crippen LogP) is 5.25. The van der Waals surface area contributed by atoms with Gasteiger partial charge in [-0.05, 0) is 42.8 Å². The van der Waals surface area contributed by atoms with Crippen LogP contribution in [-0.4, -0.2) is 22.9 Å². The Labute approximate surface area is 201 Å². The number of anilines is 2. The van der Waals surface area contributed by atoms with Gasteiger partial charge in [-0.2, -0.15) is 0 Å². The molecule has 0 unspecified atom stereocenters. The zero-order valence-corrected chi connectivity index (χ0v) is 19.0. The third-order valence-corrected chi connectivity index (χ3v) is 6.81. The van der Waals surface area contributed by atoms with Gasteiger partial charge in [-0.15, -0.1) is 0 Å². The number of aromatic nitrogens is 1. The lowest BCUT2D eigenvalue weighted by molar-refractivity contribution is -0.126. The standard InChI is InChI=1S/C27H20ClN3O3/c1-16-9-5-8-14-21(16)30-26(32)22-23(19-15-17-10-6-7-13-20(17)29-25(19)28)31(34-24(22)27(30)33)18-11-3-2-4-12-18/h2-15,22-24H,1H3/t22-,23-,24-/m1/s1. The normalized spacial score (nSPS) is 22.0. The smallest absolute Gasteiger partial charge is 0.266 e. The SMILES string of the molecule is Cc1ccccc1N1C(=O)[C@@H]2[C@@H](c3cc4ccccc4nc3Cl)N(c3ccccc3)O[C@H]2C1=O. The molecule has 2 fully saturated rings. The molecule has 6 nitrogen and oxygen atoms in total. The van der Waals surface area contributed by atoms with Gasteiger partial charge in [0.2, 0.25) is 5.91 Å². The molecule has 2 amide bonds. The monoisotopic (exact) mass is 469 g/mol. The van der Waals surface area contributed by atoms with Crippen LogP contribution in [-0.2, 0) is 14.4 Å².